The van der Waals surface area contributed by atoms with E-state index in [2.05, 4.69) is 10.6 Å². The van der Waals surface area contributed by atoms with Crippen molar-refractivity contribution in [1.29, 1.82) is 0 Å². The zero-order chi connectivity index (χ0) is 19.2. The van der Waals surface area contributed by atoms with Crippen LogP contribution in [0.4, 0.5) is 11.4 Å². The molecule has 0 atom stereocenters. The quantitative estimate of drug-likeness (QED) is 0.681. The van der Waals surface area contributed by atoms with Gasteiger partial charge in [0.1, 0.15) is 22.6 Å². The molecule has 0 unspecified atom stereocenters. The van der Waals surface area contributed by atoms with Gasteiger partial charge in [-0.05, 0) is 38.1 Å². The van der Waals surface area contributed by atoms with Crippen LogP contribution < -0.4 is 21.0 Å². The van der Waals surface area contributed by atoms with Crippen molar-refractivity contribution >= 4 is 34.2 Å². The lowest BCUT2D eigenvalue weighted by Crippen LogP contribution is -2.45. The van der Waals surface area contributed by atoms with Gasteiger partial charge in [0.2, 0.25) is 0 Å². The summed E-state index contributed by atoms with van der Waals surface area (Å²) in [6.07, 6.45) is 0. The number of benzene rings is 2. The molecule has 2 heterocycles. The molecule has 1 aromatic heterocycles. The molecule has 1 aliphatic heterocycles. The molecule has 27 heavy (non-hydrogen) atoms. The lowest BCUT2D eigenvalue weighted by Gasteiger charge is -2.32. The number of hydrogen-bond acceptors (Lipinski definition) is 5. The Balaban J connectivity index is 1.70. The normalized spacial score (nSPS) is 14.8. The van der Waals surface area contributed by atoms with Gasteiger partial charge in [-0.15, -0.1) is 0 Å². The van der Waals surface area contributed by atoms with Gasteiger partial charge < -0.3 is 19.8 Å². The fourth-order valence-electron chi connectivity index (χ4n) is 2.84. The minimum atomic E-state index is -1.02. The Morgan fingerprint density at radius 2 is 1.85 bits per heavy atom. The van der Waals surface area contributed by atoms with Crippen molar-refractivity contribution in [3.8, 4) is 5.75 Å². The molecule has 0 fully saturated rings. The Bertz CT molecular complexity index is 1150. The Hall–Kier alpha value is -3.61. The van der Waals surface area contributed by atoms with Crippen molar-refractivity contribution in [3.63, 3.8) is 0 Å². The van der Waals surface area contributed by atoms with Gasteiger partial charge in [0.05, 0.1) is 5.69 Å². The van der Waals surface area contributed by atoms with Crippen LogP contribution >= 0.6 is 0 Å². The summed E-state index contributed by atoms with van der Waals surface area (Å²) in [7, 11) is 0. The third-order valence-corrected chi connectivity index (χ3v) is 4.31. The van der Waals surface area contributed by atoms with Gasteiger partial charge in [0, 0.05) is 5.39 Å². The highest BCUT2D eigenvalue weighted by Gasteiger charge is 2.36. The molecule has 0 radical (unpaired) electrons. The predicted molar refractivity (Wildman–Crippen MR) is 100 cm³/mol. The summed E-state index contributed by atoms with van der Waals surface area (Å²) in [5.41, 5.74) is -0.810. The van der Waals surface area contributed by atoms with Crippen LogP contribution in [-0.4, -0.2) is 17.4 Å². The SMILES string of the molecule is CC1(C)Oc2cccc(NC(=O)c3cc4ccccc4oc3=O)c2NC1=O. The fraction of sp³-hybridized carbons (Fsp3) is 0.150. The van der Waals surface area contributed by atoms with E-state index in [-0.39, 0.29) is 11.5 Å². The number of anilines is 2. The van der Waals surface area contributed by atoms with Crippen LogP contribution in [0.5, 0.6) is 5.75 Å². The first-order valence-electron chi connectivity index (χ1n) is 8.33. The van der Waals surface area contributed by atoms with Crippen LogP contribution in [0.2, 0.25) is 0 Å². The van der Waals surface area contributed by atoms with Crippen LogP contribution in [0.1, 0.15) is 24.2 Å². The third-order valence-electron chi connectivity index (χ3n) is 4.31. The fourth-order valence-corrected chi connectivity index (χ4v) is 2.84. The van der Waals surface area contributed by atoms with Crippen LogP contribution in [-0.2, 0) is 4.79 Å². The summed E-state index contributed by atoms with van der Waals surface area (Å²) in [4.78, 5) is 37.0. The third kappa shape index (κ3) is 2.93. The molecule has 1 aliphatic rings. The number of nitrogens with one attached hydrogen (secondary N) is 2. The lowest BCUT2D eigenvalue weighted by molar-refractivity contribution is -0.129. The maximum Gasteiger partial charge on any atom is 0.349 e. The van der Waals surface area contributed by atoms with Gasteiger partial charge >= 0.3 is 5.63 Å². The van der Waals surface area contributed by atoms with E-state index in [1.807, 2.05) is 0 Å². The summed E-state index contributed by atoms with van der Waals surface area (Å²) < 4.78 is 10.9. The van der Waals surface area contributed by atoms with Gasteiger partial charge in [-0.3, -0.25) is 9.59 Å². The van der Waals surface area contributed by atoms with Crippen molar-refractivity contribution in [2.45, 2.75) is 19.4 Å². The predicted octanol–water partition coefficient (Wildman–Crippen LogP) is 3.15. The summed E-state index contributed by atoms with van der Waals surface area (Å²) in [5, 5.41) is 6.02. The highest BCUT2D eigenvalue weighted by atomic mass is 16.5. The van der Waals surface area contributed by atoms with Gasteiger partial charge in [-0.2, -0.15) is 0 Å². The van der Waals surface area contributed by atoms with E-state index < -0.39 is 17.1 Å². The van der Waals surface area contributed by atoms with Crippen molar-refractivity contribution in [1.82, 2.24) is 0 Å². The summed E-state index contributed by atoms with van der Waals surface area (Å²) in [6, 6.07) is 13.4. The van der Waals surface area contributed by atoms with Crippen molar-refractivity contribution in [2.24, 2.45) is 0 Å². The summed E-state index contributed by atoms with van der Waals surface area (Å²) in [6.45, 7) is 3.30. The lowest BCUT2D eigenvalue weighted by atomic mass is 10.1. The molecule has 0 aliphatic carbocycles. The number of para-hydroxylation sites is 2. The van der Waals surface area contributed by atoms with E-state index in [0.717, 1.165) is 0 Å². The average Bonchev–Trinajstić information content (AvgIpc) is 2.62. The van der Waals surface area contributed by atoms with E-state index in [0.29, 0.717) is 28.1 Å². The second-order valence-electron chi connectivity index (χ2n) is 6.68. The number of hydrogen-bond donors (Lipinski definition) is 2. The Morgan fingerprint density at radius 3 is 2.67 bits per heavy atom. The molecular weight excluding hydrogens is 348 g/mol. The van der Waals surface area contributed by atoms with Crippen LogP contribution in [0, 0.1) is 0 Å². The number of carbonyl (C=O) groups excluding carboxylic acids is 2. The monoisotopic (exact) mass is 364 g/mol. The molecule has 0 spiro atoms. The van der Waals surface area contributed by atoms with E-state index in [1.54, 1.807) is 56.3 Å². The van der Waals surface area contributed by atoms with Crippen LogP contribution in [0.25, 0.3) is 11.0 Å². The van der Waals surface area contributed by atoms with E-state index in [4.69, 9.17) is 9.15 Å². The van der Waals surface area contributed by atoms with Crippen molar-refractivity contribution < 1.29 is 18.7 Å². The van der Waals surface area contributed by atoms with Gasteiger partial charge in [-0.25, -0.2) is 4.79 Å². The second-order valence-corrected chi connectivity index (χ2v) is 6.68. The molecule has 2 N–H and O–H groups in total. The standard InChI is InChI=1S/C20H16N2O5/c1-20(2)19(25)22-16-13(7-5-9-15(16)27-20)21-17(23)12-10-11-6-3-4-8-14(11)26-18(12)24/h3-10H,1-2H3,(H,21,23)(H,22,25). The van der Waals surface area contributed by atoms with Gasteiger partial charge in [-0.1, -0.05) is 24.3 Å². The molecule has 136 valence electrons. The maximum atomic E-state index is 12.6. The minimum absolute atomic E-state index is 0.130. The number of ether oxygens (including phenoxy) is 1. The molecule has 2 aromatic carbocycles. The van der Waals surface area contributed by atoms with E-state index in [1.165, 1.54) is 6.07 Å². The number of amides is 2. The second kappa shape index (κ2) is 5.98. The molecule has 2 amide bonds. The Labute approximate surface area is 153 Å². The molecule has 3 aromatic rings. The highest BCUT2D eigenvalue weighted by Crippen LogP contribution is 2.39. The highest BCUT2D eigenvalue weighted by molar-refractivity contribution is 6.10. The minimum Gasteiger partial charge on any atom is -0.476 e. The van der Waals surface area contributed by atoms with Crippen molar-refractivity contribution in [2.75, 3.05) is 10.6 Å². The maximum absolute atomic E-state index is 12.6. The number of rotatable bonds is 2. The topological polar surface area (TPSA) is 97.6 Å². The van der Waals surface area contributed by atoms with E-state index >= 15 is 0 Å². The largest absolute Gasteiger partial charge is 0.476 e. The van der Waals surface area contributed by atoms with Gasteiger partial charge in [0.15, 0.2) is 5.60 Å². The summed E-state index contributed by atoms with van der Waals surface area (Å²) in [5.74, 6) is -0.535. The first kappa shape index (κ1) is 16.8. The molecule has 0 bridgehead atoms. The molecule has 0 saturated carbocycles. The van der Waals surface area contributed by atoms with Crippen LogP contribution in [0.15, 0.2) is 57.7 Å². The molecule has 7 heteroatoms. The average molecular weight is 364 g/mol. The molecule has 4 rings (SSSR count). The molecule has 0 saturated heterocycles. The van der Waals surface area contributed by atoms with Crippen molar-refractivity contribution in [3.05, 3.63) is 64.5 Å². The Morgan fingerprint density at radius 1 is 1.07 bits per heavy atom. The number of carbonyl (C=O) groups is 2. The van der Waals surface area contributed by atoms with E-state index in [9.17, 15) is 14.4 Å². The van der Waals surface area contributed by atoms with Gasteiger partial charge in [0.25, 0.3) is 11.8 Å². The molecule has 7 nitrogen and oxygen atoms in total. The van der Waals surface area contributed by atoms with Crippen LogP contribution in [0.3, 0.4) is 0 Å². The zero-order valence-electron chi connectivity index (χ0n) is 14.7. The molecular formula is C20H16N2O5. The zero-order valence-corrected chi connectivity index (χ0v) is 14.7. The Kier molecular flexibility index (Phi) is 3.73. The smallest absolute Gasteiger partial charge is 0.349 e. The first-order chi connectivity index (χ1) is 12.8. The summed E-state index contributed by atoms with van der Waals surface area (Å²) >= 11 is 0. The first-order valence-corrected chi connectivity index (χ1v) is 8.33. The number of fused-ring (bicyclic) bond motifs is 2.